The molecule has 0 fully saturated rings. The van der Waals surface area contributed by atoms with Crippen LogP contribution in [0.3, 0.4) is 0 Å². The lowest BCUT2D eigenvalue weighted by Crippen LogP contribution is -2.36. The van der Waals surface area contributed by atoms with E-state index in [1.807, 2.05) is 0 Å². The normalized spacial score (nSPS) is 11.6. The predicted octanol–water partition coefficient (Wildman–Crippen LogP) is 2.39. The zero-order valence-corrected chi connectivity index (χ0v) is 16.1. The fourth-order valence-electron chi connectivity index (χ4n) is 2.32. The van der Waals surface area contributed by atoms with Gasteiger partial charge in [0.15, 0.2) is 0 Å². The number of carbonyl (C=O) groups is 1. The van der Waals surface area contributed by atoms with Gasteiger partial charge in [-0.05, 0) is 5.56 Å². The average Bonchev–Trinajstić information content (AvgIpc) is 3.19. The molecular weight excluding hydrogens is 395 g/mol. The maximum absolute atomic E-state index is 12.6. The number of ether oxygens (including phenoxy) is 3. The Morgan fingerprint density at radius 3 is 2.38 bits per heavy atom. The number of halogens is 3. The van der Waals surface area contributed by atoms with Gasteiger partial charge in [-0.3, -0.25) is 4.79 Å². The summed E-state index contributed by atoms with van der Waals surface area (Å²) in [6.45, 7) is 1.61. The van der Waals surface area contributed by atoms with Gasteiger partial charge >= 0.3 is 12.1 Å². The van der Waals surface area contributed by atoms with Crippen molar-refractivity contribution in [2.24, 2.45) is 0 Å². The van der Waals surface area contributed by atoms with Crippen molar-refractivity contribution in [3.8, 4) is 11.4 Å². The lowest BCUT2D eigenvalue weighted by Gasteiger charge is -2.22. The van der Waals surface area contributed by atoms with E-state index in [1.54, 1.807) is 29.2 Å². The molecule has 0 aliphatic carbocycles. The summed E-state index contributed by atoms with van der Waals surface area (Å²) >= 11 is 0. The molecule has 1 heterocycles. The highest BCUT2D eigenvalue weighted by Gasteiger charge is 2.38. The highest BCUT2D eigenvalue weighted by molar-refractivity contribution is 5.77. The Hall–Kier alpha value is -2.50. The number of benzene rings is 1. The molecule has 11 heteroatoms. The van der Waals surface area contributed by atoms with Gasteiger partial charge in [0.05, 0.1) is 19.8 Å². The van der Waals surface area contributed by atoms with Crippen LogP contribution in [-0.2, 0) is 31.7 Å². The van der Waals surface area contributed by atoms with Crippen LogP contribution < -0.4 is 0 Å². The number of carbonyl (C=O) groups excluding carboxylic acids is 1. The summed E-state index contributed by atoms with van der Waals surface area (Å²) in [7, 11) is 3.07. The predicted molar refractivity (Wildman–Crippen MR) is 94.7 cm³/mol. The van der Waals surface area contributed by atoms with E-state index in [2.05, 4.69) is 14.7 Å². The topological polar surface area (TPSA) is 86.9 Å². The van der Waals surface area contributed by atoms with E-state index >= 15 is 0 Å². The van der Waals surface area contributed by atoms with Gasteiger partial charge in [0.1, 0.15) is 6.61 Å². The molecule has 0 unspecified atom stereocenters. The van der Waals surface area contributed by atoms with Crippen LogP contribution in [0.5, 0.6) is 0 Å². The second kappa shape index (κ2) is 10.9. The molecule has 0 N–H and O–H groups in total. The molecule has 160 valence electrons. The summed E-state index contributed by atoms with van der Waals surface area (Å²) in [5, 5.41) is 3.35. The lowest BCUT2D eigenvalue weighted by atomic mass is 10.1. The van der Waals surface area contributed by atoms with Crippen molar-refractivity contribution in [1.29, 1.82) is 0 Å². The second-order valence-electron chi connectivity index (χ2n) is 5.97. The Kier molecular flexibility index (Phi) is 8.55. The molecule has 0 spiro atoms. The van der Waals surface area contributed by atoms with Gasteiger partial charge in [-0.15, -0.1) is 0 Å². The highest BCUT2D eigenvalue weighted by atomic mass is 19.4. The Balaban J connectivity index is 2.02. The molecule has 1 amide bonds. The Bertz CT molecular complexity index is 765. The number of methoxy groups -OCH3 is 2. The van der Waals surface area contributed by atoms with Gasteiger partial charge in [0.25, 0.3) is 0 Å². The molecule has 0 aliphatic heterocycles. The quantitative estimate of drug-likeness (QED) is 0.519. The van der Waals surface area contributed by atoms with Crippen LogP contribution in [0.2, 0.25) is 0 Å². The van der Waals surface area contributed by atoms with E-state index in [0.717, 1.165) is 5.56 Å². The number of aromatic nitrogens is 2. The highest BCUT2D eigenvalue weighted by Crippen LogP contribution is 2.29. The molecule has 0 saturated carbocycles. The molecule has 29 heavy (non-hydrogen) atoms. The van der Waals surface area contributed by atoms with Crippen LogP contribution >= 0.6 is 0 Å². The SMILES string of the molecule is COCCOCC(=O)N(CCOC)Cc1ccc(-c2noc(C(F)(F)F)n2)cc1. The van der Waals surface area contributed by atoms with Crippen molar-refractivity contribution in [2.75, 3.05) is 47.2 Å². The summed E-state index contributed by atoms with van der Waals surface area (Å²) in [5.74, 6) is -1.78. The summed E-state index contributed by atoms with van der Waals surface area (Å²) in [4.78, 5) is 17.3. The van der Waals surface area contributed by atoms with Gasteiger partial charge in [-0.2, -0.15) is 18.2 Å². The van der Waals surface area contributed by atoms with E-state index < -0.39 is 12.1 Å². The van der Waals surface area contributed by atoms with Crippen LogP contribution in [0, 0.1) is 0 Å². The summed E-state index contributed by atoms with van der Waals surface area (Å²) < 4.78 is 57.1. The van der Waals surface area contributed by atoms with Crippen LogP contribution in [-0.4, -0.2) is 68.1 Å². The number of amides is 1. The first-order valence-corrected chi connectivity index (χ1v) is 8.68. The van der Waals surface area contributed by atoms with E-state index in [9.17, 15) is 18.0 Å². The van der Waals surface area contributed by atoms with Gasteiger partial charge in [0.2, 0.25) is 11.7 Å². The second-order valence-corrected chi connectivity index (χ2v) is 5.97. The zero-order valence-electron chi connectivity index (χ0n) is 16.1. The lowest BCUT2D eigenvalue weighted by molar-refractivity contribution is -0.159. The molecule has 8 nitrogen and oxygen atoms in total. The van der Waals surface area contributed by atoms with Crippen molar-refractivity contribution >= 4 is 5.91 Å². The van der Waals surface area contributed by atoms with Crippen molar-refractivity contribution in [1.82, 2.24) is 15.0 Å². The maximum Gasteiger partial charge on any atom is 0.471 e. The monoisotopic (exact) mass is 417 g/mol. The smallest absolute Gasteiger partial charge is 0.383 e. The third-order valence-corrected chi connectivity index (χ3v) is 3.83. The Morgan fingerprint density at radius 1 is 1.10 bits per heavy atom. The summed E-state index contributed by atoms with van der Waals surface area (Å²) in [6, 6.07) is 6.48. The molecule has 0 radical (unpaired) electrons. The van der Waals surface area contributed by atoms with Crippen LogP contribution in [0.15, 0.2) is 28.8 Å². The van der Waals surface area contributed by atoms with Crippen molar-refractivity contribution in [3.05, 3.63) is 35.7 Å². The van der Waals surface area contributed by atoms with E-state index in [-0.39, 0.29) is 24.9 Å². The van der Waals surface area contributed by atoms with Gasteiger partial charge in [-0.25, -0.2) is 0 Å². The van der Waals surface area contributed by atoms with Gasteiger partial charge < -0.3 is 23.6 Å². The first-order chi connectivity index (χ1) is 13.8. The largest absolute Gasteiger partial charge is 0.471 e. The Morgan fingerprint density at radius 2 is 1.79 bits per heavy atom. The van der Waals surface area contributed by atoms with Crippen molar-refractivity contribution < 1.29 is 36.7 Å². The third kappa shape index (κ3) is 7.11. The van der Waals surface area contributed by atoms with Crippen LogP contribution in [0.4, 0.5) is 13.2 Å². The number of alkyl halides is 3. The van der Waals surface area contributed by atoms with Crippen LogP contribution in [0.1, 0.15) is 11.5 Å². The molecule has 0 bridgehead atoms. The van der Waals surface area contributed by atoms with Crippen molar-refractivity contribution in [2.45, 2.75) is 12.7 Å². The van der Waals surface area contributed by atoms with Crippen LogP contribution in [0.25, 0.3) is 11.4 Å². The minimum absolute atomic E-state index is 0.0891. The number of hydrogen-bond acceptors (Lipinski definition) is 7. The van der Waals surface area contributed by atoms with Gasteiger partial charge in [0, 0.05) is 32.9 Å². The molecule has 1 aromatic heterocycles. The number of rotatable bonds is 11. The maximum atomic E-state index is 12.6. The zero-order chi connectivity index (χ0) is 21.3. The molecule has 0 atom stereocenters. The molecular formula is C18H22F3N3O5. The molecule has 2 rings (SSSR count). The number of nitrogens with zero attached hydrogens (tertiary/aromatic N) is 3. The van der Waals surface area contributed by atoms with E-state index in [4.69, 9.17) is 14.2 Å². The molecule has 0 aliphatic rings. The Labute approximate surface area is 165 Å². The first kappa shape index (κ1) is 22.8. The molecule has 0 saturated heterocycles. The number of hydrogen-bond donors (Lipinski definition) is 0. The standard InChI is InChI=1S/C18H22F3N3O5/c1-26-8-7-24(15(25)12-28-10-9-27-2)11-13-3-5-14(6-4-13)16-22-17(29-23-16)18(19,20)21/h3-6H,7-12H2,1-2H3. The summed E-state index contributed by atoms with van der Waals surface area (Å²) in [6.07, 6.45) is -4.70. The van der Waals surface area contributed by atoms with E-state index in [0.29, 0.717) is 31.9 Å². The fraction of sp³-hybridized carbons (Fsp3) is 0.500. The fourth-order valence-corrected chi connectivity index (χ4v) is 2.32. The minimum Gasteiger partial charge on any atom is -0.383 e. The minimum atomic E-state index is -4.70. The first-order valence-electron chi connectivity index (χ1n) is 8.68. The molecule has 2 aromatic rings. The van der Waals surface area contributed by atoms with E-state index in [1.165, 1.54) is 14.2 Å². The molecule has 1 aromatic carbocycles. The van der Waals surface area contributed by atoms with Crippen molar-refractivity contribution in [3.63, 3.8) is 0 Å². The third-order valence-electron chi connectivity index (χ3n) is 3.83. The summed E-state index contributed by atoms with van der Waals surface area (Å²) in [5.41, 5.74) is 1.14. The average molecular weight is 417 g/mol. The van der Waals surface area contributed by atoms with Gasteiger partial charge in [-0.1, -0.05) is 29.4 Å².